The predicted octanol–water partition coefficient (Wildman–Crippen LogP) is 1.78. The molecular weight excluding hydrogens is 352 g/mol. The second-order valence-electron chi connectivity index (χ2n) is 7.21. The van der Waals surface area contributed by atoms with Crippen LogP contribution in [-0.4, -0.2) is 69.6 Å². The van der Waals surface area contributed by atoms with E-state index in [9.17, 15) is 9.90 Å². The molecule has 0 spiro atoms. The number of ether oxygens (including phenoxy) is 4. The van der Waals surface area contributed by atoms with Crippen molar-refractivity contribution < 1.29 is 28.8 Å². The lowest BCUT2D eigenvalue weighted by Gasteiger charge is -2.28. The van der Waals surface area contributed by atoms with Gasteiger partial charge in [-0.3, -0.25) is 4.79 Å². The summed E-state index contributed by atoms with van der Waals surface area (Å²) in [6, 6.07) is 0. The van der Waals surface area contributed by atoms with Gasteiger partial charge in [-0.15, -0.1) is 23.5 Å². The normalized spacial score (nSPS) is 37.5. The lowest BCUT2D eigenvalue weighted by Crippen LogP contribution is -2.49. The quantitative estimate of drug-likeness (QED) is 0.794. The highest BCUT2D eigenvalue weighted by Crippen LogP contribution is 2.39. The predicted molar refractivity (Wildman–Crippen MR) is 93.1 cm³/mol. The molecule has 8 heteroatoms. The van der Waals surface area contributed by atoms with Gasteiger partial charge < -0.3 is 24.1 Å². The molecule has 0 amide bonds. The number of carbonyl (C=O) groups excluding carboxylic acids is 1. The molecule has 3 rings (SSSR count). The summed E-state index contributed by atoms with van der Waals surface area (Å²) < 4.78 is 22.8. The molecule has 24 heavy (non-hydrogen) atoms. The molecule has 4 atom stereocenters. The van der Waals surface area contributed by atoms with Crippen LogP contribution in [0, 0.1) is 0 Å². The molecular formula is C16H26O6S2. The highest BCUT2D eigenvalue weighted by molar-refractivity contribution is 8.18. The fraction of sp³-hybridized carbons (Fsp3) is 0.938. The first-order chi connectivity index (χ1) is 11.2. The van der Waals surface area contributed by atoms with Gasteiger partial charge in [-0.1, -0.05) is 0 Å². The maximum atomic E-state index is 12.9. The molecule has 3 aliphatic rings. The van der Waals surface area contributed by atoms with Crippen molar-refractivity contribution in [2.24, 2.45) is 0 Å². The van der Waals surface area contributed by atoms with Crippen LogP contribution in [0.4, 0.5) is 0 Å². The van der Waals surface area contributed by atoms with Crippen molar-refractivity contribution in [2.45, 2.75) is 74.7 Å². The maximum Gasteiger partial charge on any atom is 0.187 e. The van der Waals surface area contributed by atoms with Crippen molar-refractivity contribution in [3.05, 3.63) is 0 Å². The molecule has 0 aromatic heterocycles. The lowest BCUT2D eigenvalue weighted by atomic mass is 10.0. The lowest BCUT2D eigenvalue weighted by molar-refractivity contribution is -0.179. The number of ketones is 1. The first-order valence-electron chi connectivity index (χ1n) is 8.31. The summed E-state index contributed by atoms with van der Waals surface area (Å²) in [4.78, 5) is 12.9. The number of carbonyl (C=O) groups is 1. The maximum absolute atomic E-state index is 12.9. The molecule has 3 aliphatic heterocycles. The summed E-state index contributed by atoms with van der Waals surface area (Å²) in [6.45, 7) is 7.39. The largest absolute Gasteiger partial charge is 0.387 e. The van der Waals surface area contributed by atoms with Gasteiger partial charge in [-0.25, -0.2) is 0 Å². The van der Waals surface area contributed by atoms with E-state index in [1.165, 1.54) is 0 Å². The number of hydrogen-bond donors (Lipinski definition) is 1. The Labute approximate surface area is 151 Å². The van der Waals surface area contributed by atoms with E-state index in [4.69, 9.17) is 18.9 Å². The molecule has 3 saturated heterocycles. The Morgan fingerprint density at radius 3 is 2.33 bits per heavy atom. The van der Waals surface area contributed by atoms with Crippen LogP contribution in [0.2, 0.25) is 0 Å². The zero-order valence-electron chi connectivity index (χ0n) is 14.5. The van der Waals surface area contributed by atoms with Gasteiger partial charge in [0.25, 0.3) is 0 Å². The highest BCUT2D eigenvalue weighted by atomic mass is 32.2. The molecule has 3 fully saturated rings. The summed E-state index contributed by atoms with van der Waals surface area (Å²) in [5.41, 5.74) is 0. The minimum atomic E-state index is -0.985. The van der Waals surface area contributed by atoms with Crippen LogP contribution in [0.25, 0.3) is 0 Å². The van der Waals surface area contributed by atoms with Crippen LogP contribution >= 0.6 is 23.5 Å². The van der Waals surface area contributed by atoms with Crippen molar-refractivity contribution in [1.82, 2.24) is 0 Å². The minimum absolute atomic E-state index is 0.0162. The first-order valence-corrected chi connectivity index (χ1v) is 10.4. The van der Waals surface area contributed by atoms with Crippen LogP contribution in [0.1, 0.15) is 34.1 Å². The number of hydrogen-bond acceptors (Lipinski definition) is 8. The van der Waals surface area contributed by atoms with Gasteiger partial charge in [-0.2, -0.15) is 0 Å². The van der Waals surface area contributed by atoms with Crippen molar-refractivity contribution in [2.75, 3.05) is 18.1 Å². The second-order valence-corrected chi connectivity index (χ2v) is 9.93. The molecule has 3 heterocycles. The van der Waals surface area contributed by atoms with E-state index in [2.05, 4.69) is 0 Å². The summed E-state index contributed by atoms with van der Waals surface area (Å²) in [5.74, 6) is 0.278. The molecule has 0 aromatic carbocycles. The van der Waals surface area contributed by atoms with Crippen molar-refractivity contribution in [3.8, 4) is 0 Å². The molecule has 1 unspecified atom stereocenters. The van der Waals surface area contributed by atoms with Crippen LogP contribution in [0.15, 0.2) is 0 Å². The Kier molecular flexibility index (Phi) is 5.57. The Morgan fingerprint density at radius 1 is 1.08 bits per heavy atom. The zero-order valence-corrected chi connectivity index (χ0v) is 16.2. The van der Waals surface area contributed by atoms with Crippen LogP contribution in [0.3, 0.4) is 0 Å². The number of thioether (sulfide) groups is 2. The van der Waals surface area contributed by atoms with E-state index in [1.807, 2.05) is 0 Å². The number of aliphatic hydroxyl groups is 1. The van der Waals surface area contributed by atoms with Gasteiger partial charge in [0.1, 0.15) is 29.0 Å². The summed E-state index contributed by atoms with van der Waals surface area (Å²) in [6.07, 6.45) is -1.95. The minimum Gasteiger partial charge on any atom is -0.387 e. The molecule has 0 radical (unpaired) electrons. The Bertz CT molecular complexity index is 477. The van der Waals surface area contributed by atoms with E-state index in [-0.39, 0.29) is 17.0 Å². The highest BCUT2D eigenvalue weighted by Gasteiger charge is 2.53. The summed E-state index contributed by atoms with van der Waals surface area (Å²) >= 11 is 3.29. The second kappa shape index (κ2) is 7.06. The topological polar surface area (TPSA) is 74.2 Å². The summed E-state index contributed by atoms with van der Waals surface area (Å²) in [5, 5.41) is 10.8. The van der Waals surface area contributed by atoms with Crippen LogP contribution in [0.5, 0.6) is 0 Å². The van der Waals surface area contributed by atoms with E-state index < -0.39 is 36.0 Å². The van der Waals surface area contributed by atoms with Gasteiger partial charge in [0.05, 0.1) is 6.61 Å². The van der Waals surface area contributed by atoms with Crippen LogP contribution in [-0.2, 0) is 23.7 Å². The van der Waals surface area contributed by atoms with E-state index in [0.29, 0.717) is 0 Å². The zero-order chi connectivity index (χ0) is 17.5. The first kappa shape index (κ1) is 18.9. The number of aliphatic hydroxyl groups excluding tert-OH is 1. The summed E-state index contributed by atoms with van der Waals surface area (Å²) in [7, 11) is 0. The third-order valence-corrected chi connectivity index (χ3v) is 7.15. The SMILES string of the molecule is CC1(C)OCC([C@@H](O)[C@@H]2OC(C)(C)O[C@@H]2C(=O)C2SCCCS2)O1. The Balaban J connectivity index is 1.72. The average Bonchev–Trinajstić information content (AvgIpc) is 3.05. The molecule has 0 aliphatic carbocycles. The monoisotopic (exact) mass is 378 g/mol. The smallest absolute Gasteiger partial charge is 0.187 e. The molecule has 0 aromatic rings. The standard InChI is InChI=1S/C16H26O6S2/c1-15(2)19-8-9(20-15)10(17)12-13(22-16(3,4)21-12)11(18)14-23-6-5-7-24-14/h9-10,12-14,17H,5-8H2,1-4H3/t9?,10-,12+,13-/m1/s1. The van der Waals surface area contributed by atoms with Gasteiger partial charge >= 0.3 is 0 Å². The van der Waals surface area contributed by atoms with Gasteiger partial charge in [-0.05, 0) is 45.6 Å². The van der Waals surface area contributed by atoms with E-state index in [0.717, 1.165) is 17.9 Å². The van der Waals surface area contributed by atoms with Crippen LogP contribution < -0.4 is 0 Å². The van der Waals surface area contributed by atoms with Crippen molar-refractivity contribution in [1.29, 1.82) is 0 Å². The van der Waals surface area contributed by atoms with Crippen molar-refractivity contribution in [3.63, 3.8) is 0 Å². The average molecular weight is 379 g/mol. The van der Waals surface area contributed by atoms with Crippen molar-refractivity contribution >= 4 is 29.3 Å². The third kappa shape index (κ3) is 4.11. The Morgan fingerprint density at radius 2 is 1.75 bits per heavy atom. The molecule has 1 N–H and O–H groups in total. The molecule has 0 bridgehead atoms. The fourth-order valence-corrected chi connectivity index (χ4v) is 5.93. The fourth-order valence-electron chi connectivity index (χ4n) is 3.14. The molecule has 138 valence electrons. The number of rotatable bonds is 4. The Hall–Kier alpha value is 0.170. The number of Topliss-reactive ketones (excluding diaryl/α,β-unsaturated/α-hetero) is 1. The molecule has 6 nitrogen and oxygen atoms in total. The van der Waals surface area contributed by atoms with Gasteiger partial charge in [0.15, 0.2) is 17.4 Å². The molecule has 0 saturated carbocycles. The third-order valence-electron chi connectivity index (χ3n) is 4.22. The van der Waals surface area contributed by atoms with Gasteiger partial charge in [0, 0.05) is 0 Å². The van der Waals surface area contributed by atoms with E-state index in [1.54, 1.807) is 51.2 Å². The van der Waals surface area contributed by atoms with E-state index >= 15 is 0 Å². The van der Waals surface area contributed by atoms with Gasteiger partial charge in [0.2, 0.25) is 0 Å².